The Labute approximate surface area is 129 Å². The lowest BCUT2D eigenvalue weighted by Crippen LogP contribution is -2.62. The molecule has 3 N–H and O–H groups in total. The van der Waals surface area contributed by atoms with Gasteiger partial charge in [-0.2, -0.15) is 0 Å². The number of likely N-dealkylation sites (tertiary alicyclic amines) is 1. The molecule has 3 nitrogen and oxygen atoms in total. The maximum absolute atomic E-state index is 5.99. The first-order valence-corrected chi connectivity index (χ1v) is 8.43. The van der Waals surface area contributed by atoms with Crippen LogP contribution in [-0.4, -0.2) is 29.6 Å². The van der Waals surface area contributed by atoms with E-state index in [0.29, 0.717) is 6.04 Å². The molecule has 1 aromatic rings. The molecule has 1 aromatic carbocycles. The molecule has 1 atom stereocenters. The van der Waals surface area contributed by atoms with E-state index in [9.17, 15) is 0 Å². The standard InChI is InChI=1S/C18H31N3/c1-4-18(5-2,21-11-6-7-12-21)17(20-19)14-16-10-8-9-15(3)13-16/h8-10,13,17,20H,4-7,11-12,14,19H2,1-3H3. The van der Waals surface area contributed by atoms with E-state index < -0.39 is 0 Å². The Balaban J connectivity index is 2.22. The Morgan fingerprint density at radius 2 is 1.90 bits per heavy atom. The lowest BCUT2D eigenvalue weighted by atomic mass is 9.80. The van der Waals surface area contributed by atoms with Crippen molar-refractivity contribution >= 4 is 0 Å². The maximum atomic E-state index is 5.99. The highest BCUT2D eigenvalue weighted by Crippen LogP contribution is 2.32. The van der Waals surface area contributed by atoms with Crippen LogP contribution in [0.25, 0.3) is 0 Å². The minimum absolute atomic E-state index is 0.176. The average molecular weight is 289 g/mol. The lowest BCUT2D eigenvalue weighted by Gasteiger charge is -2.46. The monoisotopic (exact) mass is 289 g/mol. The van der Waals surface area contributed by atoms with Crippen LogP contribution in [0.3, 0.4) is 0 Å². The molecule has 1 saturated heterocycles. The summed E-state index contributed by atoms with van der Waals surface area (Å²) in [5, 5.41) is 0. The van der Waals surface area contributed by atoms with Gasteiger partial charge in [0.1, 0.15) is 0 Å². The van der Waals surface area contributed by atoms with E-state index in [1.807, 2.05) is 0 Å². The van der Waals surface area contributed by atoms with Crippen LogP contribution in [0.5, 0.6) is 0 Å². The number of benzene rings is 1. The molecule has 0 amide bonds. The van der Waals surface area contributed by atoms with Gasteiger partial charge in [0.15, 0.2) is 0 Å². The van der Waals surface area contributed by atoms with Gasteiger partial charge in [-0.05, 0) is 57.7 Å². The zero-order valence-corrected chi connectivity index (χ0v) is 13.9. The van der Waals surface area contributed by atoms with Crippen molar-refractivity contribution in [3.8, 4) is 0 Å². The molecule has 0 aliphatic carbocycles. The van der Waals surface area contributed by atoms with Gasteiger partial charge < -0.3 is 0 Å². The Bertz CT molecular complexity index is 434. The minimum atomic E-state index is 0.176. The maximum Gasteiger partial charge on any atom is 0.0434 e. The first kappa shape index (κ1) is 16.5. The number of rotatable bonds is 7. The summed E-state index contributed by atoms with van der Waals surface area (Å²) in [4.78, 5) is 2.67. The van der Waals surface area contributed by atoms with E-state index >= 15 is 0 Å². The van der Waals surface area contributed by atoms with Crippen molar-refractivity contribution in [1.29, 1.82) is 0 Å². The molecule has 1 heterocycles. The molecule has 118 valence electrons. The average Bonchev–Trinajstić information content (AvgIpc) is 3.02. The highest BCUT2D eigenvalue weighted by Gasteiger charge is 2.41. The molecule has 0 bridgehead atoms. The first-order valence-electron chi connectivity index (χ1n) is 8.43. The summed E-state index contributed by atoms with van der Waals surface area (Å²) in [6.45, 7) is 9.20. The number of aryl methyl sites for hydroxylation is 1. The van der Waals surface area contributed by atoms with E-state index in [-0.39, 0.29) is 5.54 Å². The SMILES string of the molecule is CCC(CC)(C(Cc1cccc(C)c1)NN)N1CCCC1. The topological polar surface area (TPSA) is 41.3 Å². The summed E-state index contributed by atoms with van der Waals surface area (Å²) < 4.78 is 0. The molecule has 3 heteroatoms. The van der Waals surface area contributed by atoms with E-state index in [1.54, 1.807) is 0 Å². The van der Waals surface area contributed by atoms with Gasteiger partial charge in [-0.1, -0.05) is 43.7 Å². The van der Waals surface area contributed by atoms with Crippen molar-refractivity contribution in [2.75, 3.05) is 13.1 Å². The fourth-order valence-electron chi connectivity index (χ4n) is 4.05. The third-order valence-corrected chi connectivity index (χ3v) is 5.33. The molecule has 0 spiro atoms. The number of nitrogens with two attached hydrogens (primary N) is 1. The van der Waals surface area contributed by atoms with E-state index in [0.717, 1.165) is 19.3 Å². The van der Waals surface area contributed by atoms with Crippen LogP contribution in [0.15, 0.2) is 24.3 Å². The van der Waals surface area contributed by atoms with Gasteiger partial charge in [0.05, 0.1) is 0 Å². The summed E-state index contributed by atoms with van der Waals surface area (Å²) in [5.41, 5.74) is 6.02. The second-order valence-electron chi connectivity index (χ2n) is 6.42. The van der Waals surface area contributed by atoms with Gasteiger partial charge in [-0.15, -0.1) is 0 Å². The second-order valence-corrected chi connectivity index (χ2v) is 6.42. The molecule has 21 heavy (non-hydrogen) atoms. The first-order chi connectivity index (χ1) is 10.2. The normalized spacial score (nSPS) is 18.1. The zero-order valence-electron chi connectivity index (χ0n) is 13.9. The summed E-state index contributed by atoms with van der Waals surface area (Å²) >= 11 is 0. The molecular weight excluding hydrogens is 258 g/mol. The van der Waals surface area contributed by atoms with Crippen LogP contribution in [0, 0.1) is 6.92 Å². The van der Waals surface area contributed by atoms with Crippen LogP contribution < -0.4 is 11.3 Å². The van der Waals surface area contributed by atoms with Crippen molar-refractivity contribution in [1.82, 2.24) is 10.3 Å². The number of nitrogens with zero attached hydrogens (tertiary/aromatic N) is 1. The zero-order chi connectivity index (χ0) is 15.3. The van der Waals surface area contributed by atoms with E-state index in [4.69, 9.17) is 5.84 Å². The van der Waals surface area contributed by atoms with Crippen molar-refractivity contribution in [3.63, 3.8) is 0 Å². The fraction of sp³-hybridized carbons (Fsp3) is 0.667. The van der Waals surface area contributed by atoms with E-state index in [2.05, 4.69) is 55.4 Å². The Kier molecular flexibility index (Phi) is 5.80. The molecule has 1 aliphatic heterocycles. The molecule has 1 aliphatic rings. The molecule has 1 unspecified atom stereocenters. The molecule has 0 saturated carbocycles. The van der Waals surface area contributed by atoms with Crippen LogP contribution in [-0.2, 0) is 6.42 Å². The van der Waals surface area contributed by atoms with Crippen LogP contribution in [0.2, 0.25) is 0 Å². The molecule has 0 radical (unpaired) electrons. The van der Waals surface area contributed by atoms with Crippen LogP contribution in [0.4, 0.5) is 0 Å². The highest BCUT2D eigenvalue weighted by molar-refractivity contribution is 5.24. The van der Waals surface area contributed by atoms with Gasteiger partial charge in [0.2, 0.25) is 0 Å². The summed E-state index contributed by atoms with van der Waals surface area (Å²) in [6.07, 6.45) is 5.93. The van der Waals surface area contributed by atoms with Crippen molar-refractivity contribution in [2.45, 2.75) is 64.5 Å². The number of hydrazine groups is 1. The smallest absolute Gasteiger partial charge is 0.0434 e. The summed E-state index contributed by atoms with van der Waals surface area (Å²) in [6, 6.07) is 9.10. The predicted molar refractivity (Wildman–Crippen MR) is 90.1 cm³/mol. The predicted octanol–water partition coefficient (Wildman–Crippen LogP) is 3.02. The van der Waals surface area contributed by atoms with Crippen molar-refractivity contribution in [3.05, 3.63) is 35.4 Å². The Hall–Kier alpha value is -0.900. The Morgan fingerprint density at radius 1 is 1.24 bits per heavy atom. The minimum Gasteiger partial charge on any atom is -0.296 e. The highest BCUT2D eigenvalue weighted by atomic mass is 15.3. The fourth-order valence-corrected chi connectivity index (χ4v) is 4.05. The van der Waals surface area contributed by atoms with Crippen LogP contribution in [0.1, 0.15) is 50.7 Å². The third kappa shape index (κ3) is 3.47. The van der Waals surface area contributed by atoms with Gasteiger partial charge >= 0.3 is 0 Å². The van der Waals surface area contributed by atoms with Crippen LogP contribution >= 0.6 is 0 Å². The van der Waals surface area contributed by atoms with E-state index in [1.165, 1.54) is 37.1 Å². The molecule has 0 aromatic heterocycles. The van der Waals surface area contributed by atoms with Gasteiger partial charge in [-0.3, -0.25) is 16.2 Å². The van der Waals surface area contributed by atoms with Crippen molar-refractivity contribution in [2.24, 2.45) is 5.84 Å². The quantitative estimate of drug-likeness (QED) is 0.599. The summed E-state index contributed by atoms with van der Waals surface area (Å²) in [5.74, 6) is 5.99. The third-order valence-electron chi connectivity index (χ3n) is 5.33. The molecular formula is C18H31N3. The second kappa shape index (κ2) is 7.39. The van der Waals surface area contributed by atoms with Gasteiger partial charge in [-0.25, -0.2) is 0 Å². The van der Waals surface area contributed by atoms with Gasteiger partial charge in [0, 0.05) is 11.6 Å². The number of nitrogens with one attached hydrogen (secondary N) is 1. The number of hydrogen-bond acceptors (Lipinski definition) is 3. The molecule has 1 fully saturated rings. The Morgan fingerprint density at radius 3 is 2.43 bits per heavy atom. The summed E-state index contributed by atoms with van der Waals surface area (Å²) in [7, 11) is 0. The molecule has 2 rings (SSSR count). The number of hydrogen-bond donors (Lipinski definition) is 2. The lowest BCUT2D eigenvalue weighted by molar-refractivity contribution is 0.0620. The van der Waals surface area contributed by atoms with Crippen molar-refractivity contribution < 1.29 is 0 Å². The largest absolute Gasteiger partial charge is 0.296 e. The van der Waals surface area contributed by atoms with Gasteiger partial charge in [0.25, 0.3) is 0 Å².